The first-order valence-corrected chi connectivity index (χ1v) is 13.2. The molecule has 6 rings (SSSR count). The van der Waals surface area contributed by atoms with Crippen LogP contribution in [-0.4, -0.2) is 55.4 Å². The smallest absolute Gasteiger partial charge is 0.283 e. The average Bonchev–Trinajstić information content (AvgIpc) is 3.61. The molecule has 0 bridgehead atoms. The van der Waals surface area contributed by atoms with Gasteiger partial charge in [-0.3, -0.25) is 15.0 Å². The Bertz CT molecular complexity index is 1570. The van der Waals surface area contributed by atoms with Crippen molar-refractivity contribution in [2.75, 3.05) is 13.1 Å². The molecule has 1 aromatic heterocycles. The molecule has 186 valence electrons. The normalized spacial score (nSPS) is 18.6. The minimum atomic E-state index is -0.471. The number of carbonyl (C=O) groups excluding carboxylic acids is 2. The molecular weight excluding hydrogens is 484 g/mol. The number of benzene rings is 2. The zero-order chi connectivity index (χ0) is 25.7. The molecule has 4 heterocycles. The number of fused-ring (bicyclic) bond motifs is 2. The number of rotatable bonds is 4. The van der Waals surface area contributed by atoms with E-state index in [2.05, 4.69) is 45.0 Å². The van der Waals surface area contributed by atoms with E-state index in [4.69, 9.17) is 5.41 Å². The van der Waals surface area contributed by atoms with E-state index in [1.54, 1.807) is 6.08 Å². The minimum Gasteiger partial charge on any atom is -0.342 e. The van der Waals surface area contributed by atoms with Crippen LogP contribution < -0.4 is 0 Å². The number of nitrogens with zero attached hydrogens (tertiary/aromatic N) is 5. The Morgan fingerprint density at radius 2 is 1.84 bits per heavy atom. The van der Waals surface area contributed by atoms with E-state index in [0.29, 0.717) is 10.2 Å². The quantitative estimate of drug-likeness (QED) is 0.506. The number of hydrazone groups is 1. The maximum absolute atomic E-state index is 12.9. The summed E-state index contributed by atoms with van der Waals surface area (Å²) >= 11 is 1.19. The van der Waals surface area contributed by atoms with E-state index >= 15 is 0 Å². The van der Waals surface area contributed by atoms with Gasteiger partial charge in [-0.1, -0.05) is 30.3 Å². The van der Waals surface area contributed by atoms with Gasteiger partial charge in [0.15, 0.2) is 5.84 Å². The summed E-state index contributed by atoms with van der Waals surface area (Å²) in [6.45, 7) is 5.59. The highest BCUT2D eigenvalue weighted by Crippen LogP contribution is 2.31. The number of likely N-dealkylation sites (tertiary alicyclic amines) is 1. The summed E-state index contributed by atoms with van der Waals surface area (Å²) in [5.74, 6) is -0.470. The van der Waals surface area contributed by atoms with Gasteiger partial charge in [-0.15, -0.1) is 0 Å². The highest BCUT2D eigenvalue weighted by Gasteiger charge is 2.36. The topological polar surface area (TPSA) is 94.1 Å². The van der Waals surface area contributed by atoms with Crippen LogP contribution in [0.1, 0.15) is 36.2 Å². The van der Waals surface area contributed by atoms with E-state index in [-0.39, 0.29) is 23.7 Å². The maximum atomic E-state index is 12.9. The summed E-state index contributed by atoms with van der Waals surface area (Å²) in [7, 11) is 0. The summed E-state index contributed by atoms with van der Waals surface area (Å²) in [6, 6.07) is 16.6. The molecule has 3 aromatic rings. The number of amidine groups is 2. The molecule has 2 amide bonds. The molecule has 0 atom stereocenters. The summed E-state index contributed by atoms with van der Waals surface area (Å²) in [5, 5.41) is 17.8. The highest BCUT2D eigenvalue weighted by atomic mass is 32.2. The van der Waals surface area contributed by atoms with Crippen LogP contribution in [0.25, 0.3) is 22.5 Å². The van der Waals surface area contributed by atoms with E-state index < -0.39 is 5.91 Å². The predicted octanol–water partition coefficient (Wildman–Crippen LogP) is 4.88. The molecular formula is C28H26N6O2S. The Morgan fingerprint density at radius 1 is 1.08 bits per heavy atom. The molecule has 1 fully saturated rings. The van der Waals surface area contributed by atoms with Gasteiger partial charge in [0.1, 0.15) is 5.04 Å². The molecule has 3 aliphatic rings. The van der Waals surface area contributed by atoms with Crippen molar-refractivity contribution in [2.45, 2.75) is 33.1 Å². The van der Waals surface area contributed by atoms with Gasteiger partial charge in [0.25, 0.3) is 5.91 Å². The Kier molecular flexibility index (Phi) is 5.79. The number of carbonyl (C=O) groups is 2. The van der Waals surface area contributed by atoms with Gasteiger partial charge >= 0.3 is 0 Å². The summed E-state index contributed by atoms with van der Waals surface area (Å²) in [5.41, 5.74) is 4.05. The van der Waals surface area contributed by atoms with Crippen molar-refractivity contribution in [3.8, 4) is 5.69 Å². The number of aromatic nitrogens is 1. The maximum Gasteiger partial charge on any atom is 0.283 e. The third-order valence-corrected chi connectivity index (χ3v) is 7.93. The molecule has 0 aliphatic carbocycles. The van der Waals surface area contributed by atoms with Crippen LogP contribution in [0, 0.1) is 19.3 Å². The molecule has 3 aliphatic heterocycles. The first kappa shape index (κ1) is 23.4. The van der Waals surface area contributed by atoms with Crippen molar-refractivity contribution in [3.05, 3.63) is 71.1 Å². The molecule has 37 heavy (non-hydrogen) atoms. The lowest BCUT2D eigenvalue weighted by Crippen LogP contribution is -2.35. The summed E-state index contributed by atoms with van der Waals surface area (Å²) in [6.07, 6.45) is 3.93. The minimum absolute atomic E-state index is 0.0263. The van der Waals surface area contributed by atoms with E-state index in [9.17, 15) is 9.59 Å². The zero-order valence-electron chi connectivity index (χ0n) is 20.7. The second kappa shape index (κ2) is 9.15. The van der Waals surface area contributed by atoms with Crippen molar-refractivity contribution in [1.29, 1.82) is 5.41 Å². The van der Waals surface area contributed by atoms with Crippen LogP contribution in [0.15, 0.2) is 64.2 Å². The van der Waals surface area contributed by atoms with Gasteiger partial charge in [-0.05, 0) is 79.1 Å². The van der Waals surface area contributed by atoms with Crippen LogP contribution in [0.4, 0.5) is 0 Å². The number of hydrogen-bond donors (Lipinski definition) is 1. The van der Waals surface area contributed by atoms with E-state index in [1.165, 1.54) is 22.2 Å². The average molecular weight is 511 g/mol. The molecule has 0 saturated carbocycles. The number of hydrogen-bond acceptors (Lipinski definition) is 5. The second-order valence-electron chi connectivity index (χ2n) is 9.47. The number of aliphatic imine (C=N–C) groups is 1. The van der Waals surface area contributed by atoms with Crippen LogP contribution in [0.5, 0.6) is 0 Å². The van der Waals surface area contributed by atoms with Crippen molar-refractivity contribution < 1.29 is 9.59 Å². The Morgan fingerprint density at radius 3 is 2.62 bits per heavy atom. The Labute approximate surface area is 218 Å². The number of amides is 2. The lowest BCUT2D eigenvalue weighted by Gasteiger charge is -2.20. The first-order valence-electron chi connectivity index (χ1n) is 12.3. The summed E-state index contributed by atoms with van der Waals surface area (Å²) < 4.78 is 2.15. The fraction of sp³-hybridized carbons (Fsp3) is 0.250. The lowest BCUT2D eigenvalue weighted by atomic mass is 10.1. The predicted molar refractivity (Wildman–Crippen MR) is 148 cm³/mol. The van der Waals surface area contributed by atoms with Crippen molar-refractivity contribution >= 4 is 56.5 Å². The fourth-order valence-corrected chi connectivity index (χ4v) is 5.99. The van der Waals surface area contributed by atoms with Gasteiger partial charge in [0.2, 0.25) is 11.1 Å². The molecule has 1 N–H and O–H groups in total. The molecule has 8 nitrogen and oxygen atoms in total. The number of aryl methyl sites for hydroxylation is 1. The SMILES string of the molecule is Cc1cc(/C=C2/C(=N)N3N=C(CC(=O)N4CCCC4)SC3=NC2=O)c(C)n1-c1ccc2ccccc2c1. The molecule has 2 aromatic carbocycles. The molecule has 0 radical (unpaired) electrons. The zero-order valence-corrected chi connectivity index (χ0v) is 21.5. The molecule has 0 unspecified atom stereocenters. The van der Waals surface area contributed by atoms with Gasteiger partial charge in [-0.25, -0.2) is 0 Å². The number of thioether (sulfide) groups is 1. The summed E-state index contributed by atoms with van der Waals surface area (Å²) in [4.78, 5) is 31.5. The van der Waals surface area contributed by atoms with Crippen LogP contribution >= 0.6 is 11.8 Å². The van der Waals surface area contributed by atoms with Gasteiger partial charge in [0.05, 0.1) is 12.0 Å². The van der Waals surface area contributed by atoms with E-state index in [1.807, 2.05) is 36.9 Å². The largest absolute Gasteiger partial charge is 0.342 e. The van der Waals surface area contributed by atoms with E-state index in [0.717, 1.165) is 54.0 Å². The lowest BCUT2D eigenvalue weighted by molar-refractivity contribution is -0.128. The molecule has 0 spiro atoms. The Balaban J connectivity index is 1.29. The van der Waals surface area contributed by atoms with Crippen molar-refractivity contribution in [2.24, 2.45) is 10.1 Å². The van der Waals surface area contributed by atoms with Crippen LogP contribution in [0.3, 0.4) is 0 Å². The second-order valence-corrected chi connectivity index (χ2v) is 10.5. The molecule has 9 heteroatoms. The standard InChI is InChI=1S/C28H26N6O2S/c1-17-13-21(18(2)33(17)22-10-9-19-7-3-4-8-20(19)14-22)15-23-26(29)34-28(30-27(23)36)37-24(31-34)16-25(35)32-11-5-6-12-32/h3-4,7-10,13-15,29H,5-6,11-12,16H2,1-2H3/b23-15-,29-26?. The highest BCUT2D eigenvalue weighted by molar-refractivity contribution is 8.27. The first-order chi connectivity index (χ1) is 17.9. The fourth-order valence-electron chi connectivity index (χ4n) is 5.11. The van der Waals surface area contributed by atoms with Gasteiger partial charge < -0.3 is 9.47 Å². The van der Waals surface area contributed by atoms with Crippen LogP contribution in [-0.2, 0) is 9.59 Å². The molecule has 1 saturated heterocycles. The van der Waals surface area contributed by atoms with Crippen LogP contribution in [0.2, 0.25) is 0 Å². The third-order valence-electron chi connectivity index (χ3n) is 7.02. The number of nitrogens with one attached hydrogen (secondary N) is 1. The van der Waals surface area contributed by atoms with Crippen molar-refractivity contribution in [3.63, 3.8) is 0 Å². The van der Waals surface area contributed by atoms with Gasteiger partial charge in [0, 0.05) is 30.2 Å². The van der Waals surface area contributed by atoms with Crippen molar-refractivity contribution in [1.82, 2.24) is 14.5 Å². The van der Waals surface area contributed by atoms with Gasteiger partial charge in [-0.2, -0.15) is 15.1 Å². The Hall–Kier alpha value is -3.98. The monoisotopic (exact) mass is 510 g/mol. The third kappa shape index (κ3) is 4.19.